The molecular weight excluding hydrogens is 254 g/mol. The van der Waals surface area contributed by atoms with Crippen molar-refractivity contribution >= 4 is 11.4 Å². The molecule has 4 nitrogen and oxygen atoms in total. The van der Waals surface area contributed by atoms with Crippen molar-refractivity contribution in [3.8, 4) is 0 Å². The van der Waals surface area contributed by atoms with E-state index in [0.717, 1.165) is 0 Å². The lowest BCUT2D eigenvalue weighted by Crippen LogP contribution is -2.34. The number of rotatable bonds is 7. The second-order valence-corrected chi connectivity index (χ2v) is 4.74. The van der Waals surface area contributed by atoms with Crippen LogP contribution in [0.25, 0.3) is 0 Å². The lowest BCUT2D eigenvalue weighted by molar-refractivity contribution is 0.0356. The average molecular weight is 274 g/mol. The smallest absolute Gasteiger partial charge is 0.265 e. The number of alkyl halides is 2. The Labute approximate surface area is 111 Å². The van der Waals surface area contributed by atoms with Gasteiger partial charge in [0.1, 0.15) is 0 Å². The van der Waals surface area contributed by atoms with Crippen LogP contribution in [0.2, 0.25) is 0 Å². The minimum absolute atomic E-state index is 0.153. The fraction of sp³-hybridized carbons (Fsp3) is 0.538. The SMILES string of the molecule is COCCC(C)(O)CNc1ccc(N)cc1C(F)F. The number of nitrogens with one attached hydrogen (secondary N) is 1. The van der Waals surface area contributed by atoms with Crippen LogP contribution < -0.4 is 11.1 Å². The van der Waals surface area contributed by atoms with Crippen LogP contribution in [0.15, 0.2) is 18.2 Å². The van der Waals surface area contributed by atoms with Crippen LogP contribution in [0.5, 0.6) is 0 Å². The molecule has 0 heterocycles. The Bertz CT molecular complexity index is 412. The molecule has 0 aliphatic carbocycles. The van der Waals surface area contributed by atoms with Gasteiger partial charge in [-0.25, -0.2) is 8.78 Å². The van der Waals surface area contributed by atoms with Crippen LogP contribution in [-0.2, 0) is 4.74 Å². The predicted molar refractivity (Wildman–Crippen MR) is 71.4 cm³/mol. The Morgan fingerprint density at radius 1 is 1.47 bits per heavy atom. The molecule has 1 rings (SSSR count). The first-order valence-electron chi connectivity index (χ1n) is 5.98. The summed E-state index contributed by atoms with van der Waals surface area (Å²) in [6.45, 7) is 2.18. The van der Waals surface area contributed by atoms with Gasteiger partial charge in [0.05, 0.1) is 5.60 Å². The molecule has 1 unspecified atom stereocenters. The van der Waals surface area contributed by atoms with Crippen LogP contribution in [-0.4, -0.2) is 31.0 Å². The zero-order valence-corrected chi connectivity index (χ0v) is 11.1. The van der Waals surface area contributed by atoms with Crippen LogP contribution in [0, 0.1) is 0 Å². The number of nitrogens with two attached hydrogens (primary N) is 1. The molecule has 0 radical (unpaired) electrons. The standard InChI is InChI=1S/C13H20F2N2O2/c1-13(18,5-6-19-2)8-17-11-4-3-9(16)7-10(11)12(14)15/h3-4,7,12,17-18H,5-6,8,16H2,1-2H3. The predicted octanol–water partition coefficient (Wildman–Crippen LogP) is 2.41. The molecule has 0 saturated carbocycles. The highest BCUT2D eigenvalue weighted by Gasteiger charge is 2.21. The Hall–Kier alpha value is -1.40. The molecule has 0 fully saturated rings. The van der Waals surface area contributed by atoms with Crippen molar-refractivity contribution < 1.29 is 18.6 Å². The van der Waals surface area contributed by atoms with E-state index < -0.39 is 12.0 Å². The fourth-order valence-electron chi connectivity index (χ4n) is 1.62. The van der Waals surface area contributed by atoms with Crippen molar-refractivity contribution in [1.29, 1.82) is 0 Å². The molecule has 0 amide bonds. The Morgan fingerprint density at radius 2 is 2.16 bits per heavy atom. The van der Waals surface area contributed by atoms with Crippen molar-refractivity contribution in [3.05, 3.63) is 23.8 Å². The maximum atomic E-state index is 12.9. The molecule has 1 aromatic rings. The first-order chi connectivity index (χ1) is 8.85. The highest BCUT2D eigenvalue weighted by molar-refractivity contribution is 5.58. The lowest BCUT2D eigenvalue weighted by atomic mass is 10.0. The van der Waals surface area contributed by atoms with E-state index in [1.54, 1.807) is 14.0 Å². The van der Waals surface area contributed by atoms with Crippen molar-refractivity contribution in [2.75, 3.05) is 31.3 Å². The monoisotopic (exact) mass is 274 g/mol. The number of benzene rings is 1. The lowest BCUT2D eigenvalue weighted by Gasteiger charge is -2.24. The Kier molecular flexibility index (Phi) is 5.50. The van der Waals surface area contributed by atoms with E-state index in [0.29, 0.717) is 13.0 Å². The van der Waals surface area contributed by atoms with Gasteiger partial charge in [-0.1, -0.05) is 0 Å². The minimum atomic E-state index is -2.62. The zero-order chi connectivity index (χ0) is 14.5. The maximum absolute atomic E-state index is 12.9. The van der Waals surface area contributed by atoms with E-state index in [9.17, 15) is 13.9 Å². The van der Waals surface area contributed by atoms with Crippen LogP contribution in [0.4, 0.5) is 20.2 Å². The summed E-state index contributed by atoms with van der Waals surface area (Å²) in [4.78, 5) is 0. The van der Waals surface area contributed by atoms with Crippen LogP contribution in [0.3, 0.4) is 0 Å². The minimum Gasteiger partial charge on any atom is -0.399 e. The summed E-state index contributed by atoms with van der Waals surface area (Å²) in [5.74, 6) is 0. The molecule has 1 atom stereocenters. The van der Waals surface area contributed by atoms with Gasteiger partial charge < -0.3 is 20.9 Å². The van der Waals surface area contributed by atoms with Gasteiger partial charge in [-0.2, -0.15) is 0 Å². The van der Waals surface area contributed by atoms with E-state index in [1.165, 1.54) is 18.2 Å². The van der Waals surface area contributed by atoms with Gasteiger partial charge in [0, 0.05) is 43.6 Å². The summed E-state index contributed by atoms with van der Waals surface area (Å²) in [6.07, 6.45) is -2.20. The molecule has 0 bridgehead atoms. The first-order valence-corrected chi connectivity index (χ1v) is 5.98. The molecule has 4 N–H and O–H groups in total. The van der Waals surface area contributed by atoms with Gasteiger partial charge in [-0.15, -0.1) is 0 Å². The van der Waals surface area contributed by atoms with Crippen molar-refractivity contribution in [1.82, 2.24) is 0 Å². The molecule has 0 saturated heterocycles. The summed E-state index contributed by atoms with van der Waals surface area (Å²) >= 11 is 0. The number of anilines is 2. The number of nitrogen functional groups attached to an aromatic ring is 1. The highest BCUT2D eigenvalue weighted by atomic mass is 19.3. The molecule has 0 aliphatic rings. The van der Waals surface area contributed by atoms with E-state index >= 15 is 0 Å². The molecule has 6 heteroatoms. The van der Waals surface area contributed by atoms with Crippen LogP contribution >= 0.6 is 0 Å². The van der Waals surface area contributed by atoms with E-state index in [1.807, 2.05) is 0 Å². The third kappa shape index (κ3) is 5.00. The maximum Gasteiger partial charge on any atom is 0.265 e. The van der Waals surface area contributed by atoms with Crippen molar-refractivity contribution in [3.63, 3.8) is 0 Å². The largest absolute Gasteiger partial charge is 0.399 e. The number of ether oxygens (including phenoxy) is 1. The van der Waals surface area contributed by atoms with E-state index in [2.05, 4.69) is 5.32 Å². The molecule has 19 heavy (non-hydrogen) atoms. The third-order valence-corrected chi connectivity index (χ3v) is 2.82. The van der Waals surface area contributed by atoms with Gasteiger partial charge >= 0.3 is 0 Å². The third-order valence-electron chi connectivity index (χ3n) is 2.82. The molecular formula is C13H20F2N2O2. The molecule has 0 aromatic heterocycles. The number of hydrogen-bond donors (Lipinski definition) is 3. The van der Waals surface area contributed by atoms with Crippen molar-refractivity contribution in [2.24, 2.45) is 0 Å². The number of methoxy groups -OCH3 is 1. The number of aliphatic hydroxyl groups is 1. The summed E-state index contributed by atoms with van der Waals surface area (Å²) in [7, 11) is 1.54. The number of hydrogen-bond acceptors (Lipinski definition) is 4. The normalized spacial score (nSPS) is 14.4. The average Bonchev–Trinajstić information content (AvgIpc) is 2.35. The zero-order valence-electron chi connectivity index (χ0n) is 11.1. The summed E-state index contributed by atoms with van der Waals surface area (Å²) in [5.41, 5.74) is 4.85. The second kappa shape index (κ2) is 6.68. The quantitative estimate of drug-likeness (QED) is 0.668. The number of halogens is 2. The second-order valence-electron chi connectivity index (χ2n) is 4.74. The van der Waals surface area contributed by atoms with E-state index in [-0.39, 0.29) is 23.5 Å². The topological polar surface area (TPSA) is 67.5 Å². The first kappa shape index (κ1) is 15.7. The fourth-order valence-corrected chi connectivity index (χ4v) is 1.62. The molecule has 108 valence electrons. The van der Waals surface area contributed by atoms with Gasteiger partial charge in [0.15, 0.2) is 0 Å². The van der Waals surface area contributed by atoms with Crippen molar-refractivity contribution in [2.45, 2.75) is 25.4 Å². The molecule has 0 spiro atoms. The Balaban J connectivity index is 2.72. The van der Waals surface area contributed by atoms with Crippen LogP contribution in [0.1, 0.15) is 25.3 Å². The summed E-state index contributed by atoms with van der Waals surface area (Å²) in [5, 5.41) is 12.9. The molecule has 1 aromatic carbocycles. The highest BCUT2D eigenvalue weighted by Crippen LogP contribution is 2.29. The summed E-state index contributed by atoms with van der Waals surface area (Å²) < 4.78 is 30.6. The van der Waals surface area contributed by atoms with E-state index in [4.69, 9.17) is 10.5 Å². The van der Waals surface area contributed by atoms with Gasteiger partial charge in [0.2, 0.25) is 0 Å². The van der Waals surface area contributed by atoms with Gasteiger partial charge in [-0.05, 0) is 25.1 Å². The van der Waals surface area contributed by atoms with Gasteiger partial charge in [-0.3, -0.25) is 0 Å². The molecule has 0 aliphatic heterocycles. The Morgan fingerprint density at radius 3 is 2.74 bits per heavy atom. The summed E-state index contributed by atoms with van der Waals surface area (Å²) in [6, 6.07) is 4.26. The van der Waals surface area contributed by atoms with Gasteiger partial charge in [0.25, 0.3) is 6.43 Å².